The maximum Gasteiger partial charge on any atom is 0.284 e. The fourth-order valence-electron chi connectivity index (χ4n) is 2.90. The summed E-state index contributed by atoms with van der Waals surface area (Å²) < 4.78 is 18.3. The Bertz CT molecular complexity index is 1240. The SMILES string of the molecule is COc1ccc(-n2nnc3c(=O)n(CC(=O)NCc4ccco4)cnc32)cc1OC. The molecule has 11 heteroatoms. The number of carbonyl (C=O) groups excluding carboxylic acids is 1. The number of aromatic nitrogens is 5. The van der Waals surface area contributed by atoms with Gasteiger partial charge < -0.3 is 19.2 Å². The number of amides is 1. The largest absolute Gasteiger partial charge is 0.493 e. The lowest BCUT2D eigenvalue weighted by atomic mass is 10.2. The third-order valence-corrected chi connectivity index (χ3v) is 4.39. The molecule has 0 aliphatic heterocycles. The fraction of sp³-hybridized carbons (Fsp3) is 0.211. The highest BCUT2D eigenvalue weighted by atomic mass is 16.5. The van der Waals surface area contributed by atoms with Gasteiger partial charge in [0.25, 0.3) is 5.56 Å². The average molecular weight is 410 g/mol. The van der Waals surface area contributed by atoms with Gasteiger partial charge >= 0.3 is 0 Å². The summed E-state index contributed by atoms with van der Waals surface area (Å²) in [6.07, 6.45) is 2.81. The predicted molar refractivity (Wildman–Crippen MR) is 105 cm³/mol. The Morgan fingerprint density at radius 1 is 1.20 bits per heavy atom. The van der Waals surface area contributed by atoms with Crippen LogP contribution in [0.25, 0.3) is 16.9 Å². The van der Waals surface area contributed by atoms with Crippen LogP contribution >= 0.6 is 0 Å². The number of fused-ring (bicyclic) bond motifs is 1. The van der Waals surface area contributed by atoms with Crippen molar-refractivity contribution in [1.82, 2.24) is 29.9 Å². The van der Waals surface area contributed by atoms with Gasteiger partial charge in [-0.3, -0.25) is 14.2 Å². The molecule has 0 fully saturated rings. The number of ether oxygens (including phenoxy) is 2. The molecule has 1 amide bonds. The Morgan fingerprint density at radius 2 is 2.03 bits per heavy atom. The molecule has 0 spiro atoms. The molecule has 1 aromatic carbocycles. The van der Waals surface area contributed by atoms with E-state index in [1.165, 1.54) is 36.1 Å². The highest BCUT2D eigenvalue weighted by Crippen LogP contribution is 2.29. The van der Waals surface area contributed by atoms with E-state index < -0.39 is 5.56 Å². The molecule has 0 aliphatic rings. The van der Waals surface area contributed by atoms with E-state index in [1.807, 2.05) is 0 Å². The maximum absolute atomic E-state index is 12.7. The van der Waals surface area contributed by atoms with Gasteiger partial charge in [-0.15, -0.1) is 5.10 Å². The van der Waals surface area contributed by atoms with Gasteiger partial charge in [-0.25, -0.2) is 4.98 Å². The minimum Gasteiger partial charge on any atom is -0.493 e. The third-order valence-electron chi connectivity index (χ3n) is 4.39. The number of furan rings is 1. The zero-order chi connectivity index (χ0) is 21.1. The highest BCUT2D eigenvalue weighted by molar-refractivity contribution is 5.76. The smallest absolute Gasteiger partial charge is 0.284 e. The Labute approximate surface area is 169 Å². The topological polar surface area (TPSA) is 126 Å². The lowest BCUT2D eigenvalue weighted by molar-refractivity contribution is -0.122. The summed E-state index contributed by atoms with van der Waals surface area (Å²) in [4.78, 5) is 29.1. The molecule has 4 rings (SSSR count). The summed E-state index contributed by atoms with van der Waals surface area (Å²) in [5, 5.41) is 10.7. The van der Waals surface area contributed by atoms with Crippen LogP contribution in [0.1, 0.15) is 5.76 Å². The van der Waals surface area contributed by atoms with E-state index in [4.69, 9.17) is 13.9 Å². The average Bonchev–Trinajstić information content (AvgIpc) is 3.44. The van der Waals surface area contributed by atoms with E-state index in [-0.39, 0.29) is 30.2 Å². The van der Waals surface area contributed by atoms with Crippen LogP contribution in [-0.4, -0.2) is 44.7 Å². The molecule has 0 radical (unpaired) electrons. The van der Waals surface area contributed by atoms with Gasteiger partial charge in [0.2, 0.25) is 5.91 Å². The lowest BCUT2D eigenvalue weighted by Gasteiger charge is -2.09. The van der Waals surface area contributed by atoms with E-state index >= 15 is 0 Å². The number of hydrogen-bond donors (Lipinski definition) is 1. The molecule has 4 aromatic rings. The van der Waals surface area contributed by atoms with E-state index in [2.05, 4.69) is 20.6 Å². The van der Waals surface area contributed by atoms with Crippen LogP contribution < -0.4 is 20.3 Å². The molecule has 0 aliphatic carbocycles. The summed E-state index contributed by atoms with van der Waals surface area (Å²) in [7, 11) is 3.06. The zero-order valence-electron chi connectivity index (χ0n) is 16.2. The van der Waals surface area contributed by atoms with Gasteiger partial charge in [0, 0.05) is 6.07 Å². The van der Waals surface area contributed by atoms with Crippen LogP contribution in [0, 0.1) is 0 Å². The Morgan fingerprint density at radius 3 is 2.77 bits per heavy atom. The van der Waals surface area contributed by atoms with Gasteiger partial charge in [-0.2, -0.15) is 4.68 Å². The van der Waals surface area contributed by atoms with E-state index in [9.17, 15) is 9.59 Å². The van der Waals surface area contributed by atoms with Gasteiger partial charge in [-0.1, -0.05) is 5.21 Å². The van der Waals surface area contributed by atoms with Crippen LogP contribution in [0.5, 0.6) is 11.5 Å². The molecule has 154 valence electrons. The number of nitrogens with one attached hydrogen (secondary N) is 1. The fourth-order valence-corrected chi connectivity index (χ4v) is 2.90. The summed E-state index contributed by atoms with van der Waals surface area (Å²) in [6.45, 7) is 0.0252. The van der Waals surface area contributed by atoms with Crippen molar-refractivity contribution >= 4 is 17.1 Å². The van der Waals surface area contributed by atoms with Gasteiger partial charge in [0.05, 0.1) is 32.7 Å². The van der Waals surface area contributed by atoms with Crippen molar-refractivity contribution in [3.8, 4) is 17.2 Å². The Kier molecular flexibility index (Phi) is 5.16. The Balaban J connectivity index is 1.59. The predicted octanol–water partition coefficient (Wildman–Crippen LogP) is 0.904. The molecule has 0 unspecified atom stereocenters. The van der Waals surface area contributed by atoms with E-state index in [0.717, 1.165) is 0 Å². The second kappa shape index (κ2) is 8.07. The van der Waals surface area contributed by atoms with Crippen molar-refractivity contribution in [2.24, 2.45) is 0 Å². The number of nitrogens with zero attached hydrogens (tertiary/aromatic N) is 5. The van der Waals surface area contributed by atoms with Crippen LogP contribution in [0.2, 0.25) is 0 Å². The normalized spacial score (nSPS) is 10.9. The van der Waals surface area contributed by atoms with Crippen LogP contribution in [-0.2, 0) is 17.9 Å². The zero-order valence-corrected chi connectivity index (χ0v) is 16.2. The minimum atomic E-state index is -0.472. The molecule has 0 saturated carbocycles. The van der Waals surface area contributed by atoms with Gasteiger partial charge in [0.1, 0.15) is 18.6 Å². The van der Waals surface area contributed by atoms with Gasteiger partial charge in [-0.05, 0) is 24.3 Å². The molecule has 30 heavy (non-hydrogen) atoms. The molecular weight excluding hydrogens is 392 g/mol. The Hall–Kier alpha value is -4.15. The van der Waals surface area contributed by atoms with Crippen molar-refractivity contribution in [3.63, 3.8) is 0 Å². The maximum atomic E-state index is 12.7. The van der Waals surface area contributed by atoms with Crippen LogP contribution in [0.15, 0.2) is 52.1 Å². The number of rotatable bonds is 7. The molecule has 0 atom stereocenters. The molecule has 3 aromatic heterocycles. The monoisotopic (exact) mass is 410 g/mol. The van der Waals surface area contributed by atoms with Crippen LogP contribution in [0.3, 0.4) is 0 Å². The van der Waals surface area contributed by atoms with Crippen molar-refractivity contribution < 1.29 is 18.7 Å². The molecule has 3 heterocycles. The first-order valence-electron chi connectivity index (χ1n) is 8.93. The van der Waals surface area contributed by atoms with Gasteiger partial charge in [0.15, 0.2) is 22.7 Å². The second-order valence-electron chi connectivity index (χ2n) is 6.25. The summed E-state index contributed by atoms with van der Waals surface area (Å²) in [6, 6.07) is 8.62. The molecule has 0 saturated heterocycles. The first-order chi connectivity index (χ1) is 14.6. The minimum absolute atomic E-state index is 0.0473. The van der Waals surface area contributed by atoms with E-state index in [0.29, 0.717) is 22.9 Å². The number of benzene rings is 1. The summed E-state index contributed by atoms with van der Waals surface area (Å²) in [5.74, 6) is 1.31. The van der Waals surface area contributed by atoms with Crippen molar-refractivity contribution in [1.29, 1.82) is 0 Å². The number of hydrogen-bond acceptors (Lipinski definition) is 8. The molecule has 1 N–H and O–H groups in total. The van der Waals surface area contributed by atoms with E-state index in [1.54, 1.807) is 30.3 Å². The number of carbonyl (C=O) groups is 1. The number of methoxy groups -OCH3 is 2. The molecule has 11 nitrogen and oxygen atoms in total. The van der Waals surface area contributed by atoms with Crippen molar-refractivity contribution in [2.45, 2.75) is 13.1 Å². The summed E-state index contributed by atoms with van der Waals surface area (Å²) in [5.41, 5.74) is 0.432. The first kappa shape index (κ1) is 19.2. The highest BCUT2D eigenvalue weighted by Gasteiger charge is 2.16. The first-order valence-corrected chi connectivity index (χ1v) is 8.93. The van der Waals surface area contributed by atoms with Crippen LogP contribution in [0.4, 0.5) is 0 Å². The second-order valence-corrected chi connectivity index (χ2v) is 6.25. The standard InChI is InChI=1S/C19H18N6O5/c1-28-14-6-5-12(8-15(14)29-2)25-18-17(22-23-25)19(27)24(11-21-18)10-16(26)20-9-13-4-3-7-30-13/h3-8,11H,9-10H2,1-2H3,(H,20,26). The van der Waals surface area contributed by atoms with Crippen molar-refractivity contribution in [3.05, 3.63) is 59.0 Å². The lowest BCUT2D eigenvalue weighted by Crippen LogP contribution is -2.32. The summed E-state index contributed by atoms with van der Waals surface area (Å²) >= 11 is 0. The van der Waals surface area contributed by atoms with Crippen molar-refractivity contribution in [2.75, 3.05) is 14.2 Å². The molecule has 0 bridgehead atoms. The third kappa shape index (κ3) is 3.60. The quantitative estimate of drug-likeness (QED) is 0.476. The molecular formula is C19H18N6O5.